The van der Waals surface area contributed by atoms with Crippen LogP contribution < -0.4 is 10.5 Å². The Morgan fingerprint density at radius 3 is 2.50 bits per heavy atom. The first kappa shape index (κ1) is 15.1. The molecule has 0 amide bonds. The van der Waals surface area contributed by atoms with Crippen LogP contribution in [0.4, 0.5) is 0 Å². The van der Waals surface area contributed by atoms with Crippen molar-refractivity contribution in [3.05, 3.63) is 44.9 Å². The standard InChI is InChI=1S/C15H20BrN3O/c1-8-9(2)14(20-4)12(10(3)13(8)16)11(7-17)15-18-5-6-19-15/h5-6,11H,7,17H2,1-4H3,(H,18,19). The molecule has 0 aliphatic carbocycles. The number of benzene rings is 1. The third-order valence-corrected chi connectivity index (χ3v) is 5.04. The fourth-order valence-electron chi connectivity index (χ4n) is 2.62. The van der Waals surface area contributed by atoms with Crippen LogP contribution in [0.1, 0.15) is 34.0 Å². The number of aromatic amines is 1. The van der Waals surface area contributed by atoms with Crippen molar-refractivity contribution in [2.75, 3.05) is 13.7 Å². The van der Waals surface area contributed by atoms with Gasteiger partial charge in [-0.3, -0.25) is 0 Å². The van der Waals surface area contributed by atoms with Crippen LogP contribution in [-0.4, -0.2) is 23.6 Å². The fraction of sp³-hybridized carbons (Fsp3) is 0.400. The number of nitrogens with two attached hydrogens (primary N) is 1. The molecule has 2 aromatic rings. The van der Waals surface area contributed by atoms with Crippen molar-refractivity contribution in [2.24, 2.45) is 5.73 Å². The van der Waals surface area contributed by atoms with Crippen LogP contribution in [0.15, 0.2) is 16.9 Å². The van der Waals surface area contributed by atoms with Gasteiger partial charge in [0.2, 0.25) is 0 Å². The lowest BCUT2D eigenvalue weighted by atomic mass is 9.89. The molecule has 1 aromatic carbocycles. The van der Waals surface area contributed by atoms with Gasteiger partial charge in [-0.2, -0.15) is 0 Å². The summed E-state index contributed by atoms with van der Waals surface area (Å²) in [5.74, 6) is 1.76. The van der Waals surface area contributed by atoms with Gasteiger partial charge in [0.15, 0.2) is 0 Å². The second kappa shape index (κ2) is 5.97. The number of nitrogens with one attached hydrogen (secondary N) is 1. The molecule has 0 saturated carbocycles. The molecule has 1 aromatic heterocycles. The van der Waals surface area contributed by atoms with E-state index in [9.17, 15) is 0 Å². The van der Waals surface area contributed by atoms with E-state index in [4.69, 9.17) is 10.5 Å². The smallest absolute Gasteiger partial charge is 0.126 e. The molecule has 0 fully saturated rings. The molecule has 3 N–H and O–H groups in total. The van der Waals surface area contributed by atoms with Gasteiger partial charge in [-0.15, -0.1) is 0 Å². The number of imidazole rings is 1. The molecule has 1 heterocycles. The number of halogens is 1. The van der Waals surface area contributed by atoms with Gasteiger partial charge in [0.1, 0.15) is 11.6 Å². The first-order valence-corrected chi connectivity index (χ1v) is 7.34. The minimum absolute atomic E-state index is 0.00412. The van der Waals surface area contributed by atoms with Crippen LogP contribution in [0.2, 0.25) is 0 Å². The summed E-state index contributed by atoms with van der Waals surface area (Å²) in [4.78, 5) is 7.51. The zero-order valence-electron chi connectivity index (χ0n) is 12.2. The molecule has 1 atom stereocenters. The highest BCUT2D eigenvalue weighted by molar-refractivity contribution is 9.10. The highest BCUT2D eigenvalue weighted by Gasteiger charge is 2.25. The maximum atomic E-state index is 6.00. The molecule has 0 radical (unpaired) electrons. The summed E-state index contributed by atoms with van der Waals surface area (Å²) in [7, 11) is 1.70. The predicted molar refractivity (Wildman–Crippen MR) is 84.4 cm³/mol. The van der Waals surface area contributed by atoms with E-state index >= 15 is 0 Å². The van der Waals surface area contributed by atoms with Gasteiger partial charge in [0.05, 0.1) is 13.0 Å². The van der Waals surface area contributed by atoms with Crippen LogP contribution >= 0.6 is 15.9 Å². The number of nitrogens with zero attached hydrogens (tertiary/aromatic N) is 1. The number of methoxy groups -OCH3 is 1. The van der Waals surface area contributed by atoms with Gasteiger partial charge in [-0.1, -0.05) is 15.9 Å². The lowest BCUT2D eigenvalue weighted by Crippen LogP contribution is -2.18. The number of rotatable bonds is 4. The Balaban J connectivity index is 2.72. The van der Waals surface area contributed by atoms with E-state index in [0.29, 0.717) is 6.54 Å². The lowest BCUT2D eigenvalue weighted by molar-refractivity contribution is 0.403. The third-order valence-electron chi connectivity index (χ3n) is 3.85. The van der Waals surface area contributed by atoms with Crippen LogP contribution in [-0.2, 0) is 0 Å². The molecular formula is C15H20BrN3O. The summed E-state index contributed by atoms with van der Waals surface area (Å²) >= 11 is 3.68. The largest absolute Gasteiger partial charge is 0.496 e. The molecule has 2 rings (SSSR count). The number of H-pyrrole nitrogens is 1. The molecule has 4 nitrogen and oxygen atoms in total. The van der Waals surface area contributed by atoms with E-state index in [0.717, 1.165) is 32.7 Å². The van der Waals surface area contributed by atoms with Gasteiger partial charge in [-0.05, 0) is 37.5 Å². The molecule has 0 aliphatic rings. The molecule has 0 spiro atoms. The Labute approximate surface area is 127 Å². The fourth-order valence-corrected chi connectivity index (χ4v) is 3.13. The number of ether oxygens (including phenoxy) is 1. The monoisotopic (exact) mass is 337 g/mol. The average Bonchev–Trinajstić information content (AvgIpc) is 2.97. The van der Waals surface area contributed by atoms with E-state index in [1.807, 2.05) is 6.20 Å². The van der Waals surface area contributed by atoms with Crippen LogP contribution in [0, 0.1) is 20.8 Å². The molecule has 0 bridgehead atoms. The Kier molecular flexibility index (Phi) is 4.50. The minimum atomic E-state index is -0.00412. The third kappa shape index (κ3) is 2.36. The van der Waals surface area contributed by atoms with Gasteiger partial charge in [0.25, 0.3) is 0 Å². The lowest BCUT2D eigenvalue weighted by Gasteiger charge is -2.23. The van der Waals surface area contributed by atoms with Crippen LogP contribution in [0.5, 0.6) is 5.75 Å². The zero-order valence-corrected chi connectivity index (χ0v) is 13.8. The molecule has 5 heteroatoms. The summed E-state index contributed by atoms with van der Waals surface area (Å²) in [5.41, 5.74) is 10.6. The Hall–Kier alpha value is -1.33. The normalized spacial score (nSPS) is 12.5. The van der Waals surface area contributed by atoms with Crippen molar-refractivity contribution in [3.63, 3.8) is 0 Å². The maximum Gasteiger partial charge on any atom is 0.126 e. The van der Waals surface area contributed by atoms with Crippen molar-refractivity contribution in [1.82, 2.24) is 9.97 Å². The van der Waals surface area contributed by atoms with Crippen molar-refractivity contribution >= 4 is 15.9 Å². The Morgan fingerprint density at radius 1 is 1.30 bits per heavy atom. The minimum Gasteiger partial charge on any atom is -0.496 e. The second-order valence-electron chi connectivity index (χ2n) is 4.90. The highest BCUT2D eigenvalue weighted by atomic mass is 79.9. The summed E-state index contributed by atoms with van der Waals surface area (Å²) < 4.78 is 6.76. The maximum absolute atomic E-state index is 6.00. The van der Waals surface area contributed by atoms with E-state index in [-0.39, 0.29) is 5.92 Å². The van der Waals surface area contributed by atoms with E-state index < -0.39 is 0 Å². The Bertz CT molecular complexity index is 608. The summed E-state index contributed by atoms with van der Waals surface area (Å²) in [6.45, 7) is 6.71. The van der Waals surface area contributed by atoms with Crippen molar-refractivity contribution < 1.29 is 4.74 Å². The topological polar surface area (TPSA) is 63.9 Å². The van der Waals surface area contributed by atoms with Gasteiger partial charge < -0.3 is 15.5 Å². The van der Waals surface area contributed by atoms with Crippen molar-refractivity contribution in [3.8, 4) is 5.75 Å². The molecule has 0 aliphatic heterocycles. The number of aromatic nitrogens is 2. The van der Waals surface area contributed by atoms with Gasteiger partial charge in [0, 0.05) is 29.0 Å². The second-order valence-corrected chi connectivity index (χ2v) is 5.69. The van der Waals surface area contributed by atoms with Gasteiger partial charge in [-0.25, -0.2) is 4.98 Å². The molecule has 20 heavy (non-hydrogen) atoms. The first-order valence-electron chi connectivity index (χ1n) is 6.55. The average molecular weight is 338 g/mol. The molecule has 1 unspecified atom stereocenters. The quantitative estimate of drug-likeness (QED) is 0.900. The number of hydrogen-bond donors (Lipinski definition) is 2. The first-order chi connectivity index (χ1) is 9.52. The summed E-state index contributed by atoms with van der Waals surface area (Å²) in [6, 6.07) is 0. The summed E-state index contributed by atoms with van der Waals surface area (Å²) in [6.07, 6.45) is 3.56. The van der Waals surface area contributed by atoms with Crippen molar-refractivity contribution in [1.29, 1.82) is 0 Å². The predicted octanol–water partition coefficient (Wildman–Crippen LogP) is 3.20. The van der Waals surface area contributed by atoms with Crippen molar-refractivity contribution in [2.45, 2.75) is 26.7 Å². The van der Waals surface area contributed by atoms with Crippen LogP contribution in [0.3, 0.4) is 0 Å². The molecule has 0 saturated heterocycles. The summed E-state index contributed by atoms with van der Waals surface area (Å²) in [5, 5.41) is 0. The molecular weight excluding hydrogens is 318 g/mol. The van der Waals surface area contributed by atoms with Gasteiger partial charge >= 0.3 is 0 Å². The highest BCUT2D eigenvalue weighted by Crippen LogP contribution is 2.41. The number of hydrogen-bond acceptors (Lipinski definition) is 3. The van der Waals surface area contributed by atoms with E-state index in [2.05, 4.69) is 46.7 Å². The SMILES string of the molecule is COc1c(C)c(C)c(Br)c(C)c1C(CN)c1ncc[nH]1. The molecule has 108 valence electrons. The van der Waals surface area contributed by atoms with Crippen LogP contribution in [0.25, 0.3) is 0 Å². The zero-order chi connectivity index (χ0) is 14.9. The van der Waals surface area contributed by atoms with E-state index in [1.54, 1.807) is 13.3 Å². The van der Waals surface area contributed by atoms with E-state index in [1.165, 1.54) is 5.56 Å². The Morgan fingerprint density at radius 2 is 2.00 bits per heavy atom.